The Morgan fingerprint density at radius 3 is 2.91 bits per heavy atom. The highest BCUT2D eigenvalue weighted by atomic mass is 32.1. The molecular weight excluding hydrogens is 160 g/mol. The summed E-state index contributed by atoms with van der Waals surface area (Å²) in [5, 5.41) is 10.3. The second-order valence-electron chi connectivity index (χ2n) is 2.08. The molecule has 0 aliphatic carbocycles. The Kier molecular flexibility index (Phi) is 2.43. The van der Waals surface area contributed by atoms with Gasteiger partial charge < -0.3 is 10.6 Å². The van der Waals surface area contributed by atoms with Crippen LogP contribution in [0.2, 0.25) is 0 Å². The summed E-state index contributed by atoms with van der Waals surface area (Å²) in [7, 11) is 3.62. The van der Waals surface area contributed by atoms with Crippen LogP contribution < -0.4 is 10.6 Å². The summed E-state index contributed by atoms with van der Waals surface area (Å²) in [5.41, 5.74) is 0. The molecule has 0 amide bonds. The van der Waals surface area contributed by atoms with Crippen molar-refractivity contribution in [3.63, 3.8) is 0 Å². The predicted molar refractivity (Wildman–Crippen MR) is 48.5 cm³/mol. The van der Waals surface area contributed by atoms with Gasteiger partial charge in [0.2, 0.25) is 0 Å². The van der Waals surface area contributed by atoms with Crippen LogP contribution in [0.25, 0.3) is 0 Å². The van der Waals surface area contributed by atoms with Crippen molar-refractivity contribution >= 4 is 23.1 Å². The zero-order valence-corrected chi connectivity index (χ0v) is 7.27. The van der Waals surface area contributed by atoms with Crippen molar-refractivity contribution in [1.29, 1.82) is 0 Å². The third-order valence-electron chi connectivity index (χ3n) is 1.18. The van der Waals surface area contributed by atoms with Crippen molar-refractivity contribution in [2.45, 2.75) is 0 Å². The first-order chi connectivity index (χ1) is 5.22. The molecule has 0 atom stereocenters. The fraction of sp³-hybridized carbons (Fsp3) is 0.333. The number of anilines is 1. The fourth-order valence-electron chi connectivity index (χ4n) is 0.661. The zero-order chi connectivity index (χ0) is 8.27. The molecule has 1 heterocycles. The van der Waals surface area contributed by atoms with Gasteiger partial charge in [0.25, 0.3) is 0 Å². The van der Waals surface area contributed by atoms with Crippen molar-refractivity contribution < 1.29 is 0 Å². The predicted octanol–water partition coefficient (Wildman–Crippen LogP) is 0.336. The Balaban J connectivity index is 2.57. The maximum Gasteiger partial charge on any atom is 0.171 e. The first-order valence-electron chi connectivity index (χ1n) is 3.21. The molecule has 0 bridgehead atoms. The minimum absolute atomic E-state index is 0.573. The molecule has 0 radical (unpaired) electrons. The lowest BCUT2D eigenvalue weighted by Crippen LogP contribution is -2.24. The molecule has 0 saturated carbocycles. The fourth-order valence-corrected chi connectivity index (χ4v) is 0.765. The van der Waals surface area contributed by atoms with E-state index in [0.29, 0.717) is 5.11 Å². The molecule has 1 aromatic heterocycles. The number of nitrogens with one attached hydrogen (secondary N) is 2. The summed E-state index contributed by atoms with van der Waals surface area (Å²) in [6, 6.07) is 1.85. The van der Waals surface area contributed by atoms with Gasteiger partial charge in [0.05, 0.1) is 0 Å². The van der Waals surface area contributed by atoms with Gasteiger partial charge in [-0.15, -0.1) is 0 Å². The van der Waals surface area contributed by atoms with Crippen LogP contribution in [0.1, 0.15) is 0 Å². The van der Waals surface area contributed by atoms with E-state index in [9.17, 15) is 0 Å². The Morgan fingerprint density at radius 2 is 2.45 bits per heavy atom. The van der Waals surface area contributed by atoms with Gasteiger partial charge in [-0.25, -0.2) is 0 Å². The molecule has 0 aromatic carbocycles. The van der Waals surface area contributed by atoms with E-state index in [1.165, 1.54) is 0 Å². The van der Waals surface area contributed by atoms with E-state index >= 15 is 0 Å². The van der Waals surface area contributed by atoms with E-state index in [4.69, 9.17) is 12.2 Å². The molecule has 2 N–H and O–H groups in total. The molecule has 0 aliphatic heterocycles. The molecule has 0 fully saturated rings. The van der Waals surface area contributed by atoms with Gasteiger partial charge in [-0.05, 0) is 12.2 Å². The van der Waals surface area contributed by atoms with Crippen molar-refractivity contribution in [2.24, 2.45) is 7.05 Å². The lowest BCUT2D eigenvalue weighted by atomic mass is 10.6. The number of thiocarbonyl (C=S) groups is 1. The molecule has 0 spiro atoms. The maximum absolute atomic E-state index is 4.88. The highest BCUT2D eigenvalue weighted by molar-refractivity contribution is 7.80. The van der Waals surface area contributed by atoms with Gasteiger partial charge in [0, 0.05) is 26.4 Å². The van der Waals surface area contributed by atoms with Crippen LogP contribution in [0.5, 0.6) is 0 Å². The van der Waals surface area contributed by atoms with Gasteiger partial charge in [0.1, 0.15) is 0 Å². The zero-order valence-electron chi connectivity index (χ0n) is 6.46. The minimum Gasteiger partial charge on any atom is -0.365 e. The molecule has 60 valence electrons. The van der Waals surface area contributed by atoms with Gasteiger partial charge in [-0.1, -0.05) is 0 Å². The number of aromatic nitrogens is 2. The first-order valence-corrected chi connectivity index (χ1v) is 3.61. The highest BCUT2D eigenvalue weighted by Crippen LogP contribution is 1.99. The third kappa shape index (κ3) is 2.19. The molecule has 11 heavy (non-hydrogen) atoms. The Hall–Kier alpha value is -1.10. The van der Waals surface area contributed by atoms with E-state index < -0.39 is 0 Å². The lowest BCUT2D eigenvalue weighted by Gasteiger charge is -2.01. The van der Waals surface area contributed by atoms with E-state index in [0.717, 1.165) is 5.82 Å². The van der Waals surface area contributed by atoms with E-state index in [2.05, 4.69) is 15.7 Å². The summed E-state index contributed by atoms with van der Waals surface area (Å²) < 4.78 is 1.71. The van der Waals surface area contributed by atoms with Gasteiger partial charge >= 0.3 is 0 Å². The minimum atomic E-state index is 0.573. The van der Waals surface area contributed by atoms with Crippen LogP contribution in [0.4, 0.5) is 5.82 Å². The van der Waals surface area contributed by atoms with Crippen LogP contribution in [0.15, 0.2) is 12.3 Å². The van der Waals surface area contributed by atoms with Crippen LogP contribution in [0, 0.1) is 0 Å². The summed E-state index contributed by atoms with van der Waals surface area (Å²) in [6.07, 6.45) is 1.85. The average molecular weight is 170 g/mol. The van der Waals surface area contributed by atoms with Gasteiger partial charge in [-0.2, -0.15) is 5.10 Å². The molecular formula is C6H10N4S. The van der Waals surface area contributed by atoms with E-state index in [-0.39, 0.29) is 0 Å². The Labute approximate surface area is 70.6 Å². The van der Waals surface area contributed by atoms with Crippen molar-refractivity contribution in [1.82, 2.24) is 15.1 Å². The van der Waals surface area contributed by atoms with Crippen molar-refractivity contribution in [3.05, 3.63) is 12.3 Å². The summed E-state index contributed by atoms with van der Waals surface area (Å²) in [6.45, 7) is 0. The second kappa shape index (κ2) is 3.34. The van der Waals surface area contributed by atoms with E-state index in [1.807, 2.05) is 19.3 Å². The highest BCUT2D eigenvalue weighted by Gasteiger charge is 1.96. The van der Waals surface area contributed by atoms with Gasteiger partial charge in [-0.3, -0.25) is 4.68 Å². The second-order valence-corrected chi connectivity index (χ2v) is 2.49. The average Bonchev–Trinajstić information content (AvgIpc) is 2.35. The molecule has 0 unspecified atom stereocenters. The first kappa shape index (κ1) is 8.00. The molecule has 5 heteroatoms. The molecule has 0 aliphatic rings. The number of nitrogens with zero attached hydrogens (tertiary/aromatic N) is 2. The number of rotatable bonds is 1. The summed E-state index contributed by atoms with van der Waals surface area (Å²) >= 11 is 4.88. The topological polar surface area (TPSA) is 41.9 Å². The SMILES string of the molecule is CNC(=S)Nc1ccn(C)n1. The van der Waals surface area contributed by atoms with Crippen LogP contribution in [-0.4, -0.2) is 21.9 Å². The van der Waals surface area contributed by atoms with Crippen LogP contribution >= 0.6 is 12.2 Å². The molecule has 4 nitrogen and oxygen atoms in total. The standard InChI is InChI=1S/C6H10N4S/c1-7-6(11)8-5-3-4-10(2)9-5/h3-4H,1-2H3,(H2,7,8,9,11). The third-order valence-corrected chi connectivity index (χ3v) is 1.49. The van der Waals surface area contributed by atoms with E-state index in [1.54, 1.807) is 11.7 Å². The van der Waals surface area contributed by atoms with Gasteiger partial charge in [0.15, 0.2) is 10.9 Å². The largest absolute Gasteiger partial charge is 0.365 e. The monoisotopic (exact) mass is 170 g/mol. The summed E-state index contributed by atoms with van der Waals surface area (Å²) in [5.74, 6) is 0.756. The summed E-state index contributed by atoms with van der Waals surface area (Å²) in [4.78, 5) is 0. The molecule has 0 saturated heterocycles. The number of aryl methyl sites for hydroxylation is 1. The van der Waals surface area contributed by atoms with Crippen LogP contribution in [-0.2, 0) is 7.05 Å². The maximum atomic E-state index is 4.88. The van der Waals surface area contributed by atoms with Crippen molar-refractivity contribution in [3.8, 4) is 0 Å². The normalized spacial score (nSPS) is 9.27. The lowest BCUT2D eigenvalue weighted by molar-refractivity contribution is 0.771. The molecule has 1 rings (SSSR count). The molecule has 1 aromatic rings. The number of hydrogen-bond acceptors (Lipinski definition) is 2. The Morgan fingerprint density at radius 1 is 1.73 bits per heavy atom. The Bertz CT molecular complexity index is 255. The van der Waals surface area contributed by atoms with Crippen molar-refractivity contribution in [2.75, 3.05) is 12.4 Å². The quantitative estimate of drug-likeness (QED) is 0.596. The smallest absolute Gasteiger partial charge is 0.171 e. The van der Waals surface area contributed by atoms with Crippen LogP contribution in [0.3, 0.4) is 0 Å². The number of hydrogen-bond donors (Lipinski definition) is 2.